The summed E-state index contributed by atoms with van der Waals surface area (Å²) in [5.74, 6) is 1.16. The third-order valence-corrected chi connectivity index (χ3v) is 2.67. The summed E-state index contributed by atoms with van der Waals surface area (Å²) in [5, 5.41) is 20.5. The van der Waals surface area contributed by atoms with Gasteiger partial charge >= 0.3 is 0 Å². The minimum absolute atomic E-state index is 0.122. The molecule has 1 fully saturated rings. The highest BCUT2D eigenvalue weighted by molar-refractivity contribution is 4.89. The number of hydrogen-bond acceptors (Lipinski definition) is 6. The summed E-state index contributed by atoms with van der Waals surface area (Å²) in [6, 6.07) is 0.122. The molecular formula is C9H16N4O2. The van der Waals surface area contributed by atoms with E-state index in [9.17, 15) is 5.11 Å². The monoisotopic (exact) mass is 212 g/mol. The van der Waals surface area contributed by atoms with Crippen LogP contribution in [0.4, 0.5) is 0 Å². The minimum atomic E-state index is -0.320. The molecule has 2 N–H and O–H groups in total. The third kappa shape index (κ3) is 2.34. The molecule has 2 atom stereocenters. The van der Waals surface area contributed by atoms with Gasteiger partial charge in [0, 0.05) is 26.1 Å². The van der Waals surface area contributed by atoms with Crippen molar-refractivity contribution >= 4 is 0 Å². The van der Waals surface area contributed by atoms with Crippen LogP contribution in [0.5, 0.6) is 0 Å². The molecule has 2 heterocycles. The standard InChI is InChI=1S/C9H16N4O2/c1-6-11-12-9(15-6)5-13(2)7-3-10-4-8(7)14/h7-8,10,14H,3-5H2,1-2H3/t7-,8-/m1/s1. The van der Waals surface area contributed by atoms with Gasteiger partial charge in [-0.1, -0.05) is 0 Å². The predicted octanol–water partition coefficient (Wildman–Crippen LogP) is -0.857. The van der Waals surface area contributed by atoms with E-state index in [0.717, 1.165) is 6.54 Å². The lowest BCUT2D eigenvalue weighted by molar-refractivity contribution is 0.0903. The van der Waals surface area contributed by atoms with Gasteiger partial charge in [0.2, 0.25) is 11.8 Å². The maximum absolute atomic E-state index is 9.67. The van der Waals surface area contributed by atoms with Crippen LogP contribution in [0.25, 0.3) is 0 Å². The first-order chi connectivity index (χ1) is 7.16. The van der Waals surface area contributed by atoms with Crippen molar-refractivity contribution in [1.82, 2.24) is 20.4 Å². The van der Waals surface area contributed by atoms with E-state index in [1.807, 2.05) is 11.9 Å². The molecular weight excluding hydrogens is 196 g/mol. The van der Waals surface area contributed by atoms with Crippen LogP contribution in [0.15, 0.2) is 4.42 Å². The minimum Gasteiger partial charge on any atom is -0.424 e. The first kappa shape index (κ1) is 10.5. The lowest BCUT2D eigenvalue weighted by Gasteiger charge is -2.24. The molecule has 0 radical (unpaired) electrons. The lowest BCUT2D eigenvalue weighted by Crippen LogP contribution is -2.40. The van der Waals surface area contributed by atoms with E-state index in [2.05, 4.69) is 15.5 Å². The molecule has 0 amide bonds. The van der Waals surface area contributed by atoms with Gasteiger partial charge in [-0.05, 0) is 7.05 Å². The van der Waals surface area contributed by atoms with Gasteiger partial charge in [-0.3, -0.25) is 4.90 Å². The quantitative estimate of drug-likeness (QED) is 0.679. The second kappa shape index (κ2) is 4.26. The molecule has 0 unspecified atom stereocenters. The molecule has 0 aromatic carbocycles. The Labute approximate surface area is 88.3 Å². The summed E-state index contributed by atoms with van der Waals surface area (Å²) >= 11 is 0. The summed E-state index contributed by atoms with van der Waals surface area (Å²) < 4.78 is 5.28. The molecule has 0 saturated carbocycles. The highest BCUT2D eigenvalue weighted by Crippen LogP contribution is 2.10. The fraction of sp³-hybridized carbons (Fsp3) is 0.778. The topological polar surface area (TPSA) is 74.4 Å². The number of nitrogens with zero attached hydrogens (tertiary/aromatic N) is 3. The molecule has 1 aromatic heterocycles. The fourth-order valence-electron chi connectivity index (χ4n) is 1.83. The van der Waals surface area contributed by atoms with Crippen molar-refractivity contribution in [3.05, 3.63) is 11.8 Å². The molecule has 0 bridgehead atoms. The van der Waals surface area contributed by atoms with Gasteiger partial charge in [-0.25, -0.2) is 0 Å². The van der Waals surface area contributed by atoms with Crippen LogP contribution in [0.2, 0.25) is 0 Å². The van der Waals surface area contributed by atoms with Crippen molar-refractivity contribution < 1.29 is 9.52 Å². The highest BCUT2D eigenvalue weighted by atomic mass is 16.4. The summed E-state index contributed by atoms with van der Waals surface area (Å²) in [6.07, 6.45) is -0.320. The number of aromatic nitrogens is 2. The number of nitrogens with one attached hydrogen (secondary N) is 1. The molecule has 1 aliphatic rings. The number of aliphatic hydroxyl groups is 1. The zero-order valence-electron chi connectivity index (χ0n) is 8.97. The molecule has 6 heteroatoms. The zero-order chi connectivity index (χ0) is 10.8. The number of aryl methyl sites for hydroxylation is 1. The van der Waals surface area contributed by atoms with E-state index in [1.54, 1.807) is 6.92 Å². The predicted molar refractivity (Wildman–Crippen MR) is 53.2 cm³/mol. The molecule has 15 heavy (non-hydrogen) atoms. The third-order valence-electron chi connectivity index (χ3n) is 2.67. The zero-order valence-corrected chi connectivity index (χ0v) is 8.97. The number of likely N-dealkylation sites (N-methyl/N-ethyl adjacent to an activating group) is 1. The molecule has 0 aliphatic carbocycles. The van der Waals surface area contributed by atoms with Crippen LogP contribution in [0.1, 0.15) is 11.8 Å². The Hall–Kier alpha value is -0.980. The Morgan fingerprint density at radius 2 is 2.33 bits per heavy atom. The van der Waals surface area contributed by atoms with E-state index in [4.69, 9.17) is 4.42 Å². The van der Waals surface area contributed by atoms with Crippen LogP contribution >= 0.6 is 0 Å². The average molecular weight is 212 g/mol. The molecule has 1 aliphatic heterocycles. The van der Waals surface area contributed by atoms with Gasteiger partial charge in [0.15, 0.2) is 0 Å². The molecule has 0 spiro atoms. The van der Waals surface area contributed by atoms with Gasteiger partial charge in [0.25, 0.3) is 0 Å². The van der Waals surface area contributed by atoms with Crippen molar-refractivity contribution in [3.63, 3.8) is 0 Å². The van der Waals surface area contributed by atoms with Crippen molar-refractivity contribution in [1.29, 1.82) is 0 Å². The molecule has 84 valence electrons. The number of rotatable bonds is 3. The van der Waals surface area contributed by atoms with Crippen LogP contribution in [-0.2, 0) is 6.54 Å². The second-order valence-electron chi connectivity index (χ2n) is 3.92. The van der Waals surface area contributed by atoms with E-state index in [1.165, 1.54) is 0 Å². The smallest absolute Gasteiger partial charge is 0.230 e. The number of β-amino-alcohol motifs (C(OH)–C–C–N with tert-alkyl or cyclic N) is 1. The van der Waals surface area contributed by atoms with Crippen LogP contribution in [0.3, 0.4) is 0 Å². The van der Waals surface area contributed by atoms with Gasteiger partial charge in [0.05, 0.1) is 12.6 Å². The molecule has 1 saturated heterocycles. The Kier molecular flexibility index (Phi) is 2.99. The van der Waals surface area contributed by atoms with Crippen LogP contribution in [0, 0.1) is 6.92 Å². The highest BCUT2D eigenvalue weighted by Gasteiger charge is 2.29. The van der Waals surface area contributed by atoms with E-state index >= 15 is 0 Å². The Morgan fingerprint density at radius 1 is 1.53 bits per heavy atom. The van der Waals surface area contributed by atoms with Gasteiger partial charge < -0.3 is 14.8 Å². The average Bonchev–Trinajstić information content (AvgIpc) is 2.75. The van der Waals surface area contributed by atoms with Gasteiger partial charge in [-0.15, -0.1) is 10.2 Å². The largest absolute Gasteiger partial charge is 0.424 e. The molecule has 6 nitrogen and oxygen atoms in total. The lowest BCUT2D eigenvalue weighted by atomic mass is 10.2. The van der Waals surface area contributed by atoms with Crippen LogP contribution in [-0.4, -0.2) is 52.5 Å². The molecule has 2 rings (SSSR count). The van der Waals surface area contributed by atoms with Gasteiger partial charge in [-0.2, -0.15) is 0 Å². The summed E-state index contributed by atoms with van der Waals surface area (Å²) in [5.41, 5.74) is 0. The van der Waals surface area contributed by atoms with Gasteiger partial charge in [0.1, 0.15) is 0 Å². The Balaban J connectivity index is 1.94. The summed E-state index contributed by atoms with van der Waals surface area (Å²) in [4.78, 5) is 2.03. The van der Waals surface area contributed by atoms with E-state index in [0.29, 0.717) is 24.9 Å². The molecule has 1 aromatic rings. The normalized spacial score (nSPS) is 26.4. The maximum atomic E-state index is 9.67. The van der Waals surface area contributed by atoms with E-state index in [-0.39, 0.29) is 12.1 Å². The second-order valence-corrected chi connectivity index (χ2v) is 3.92. The summed E-state index contributed by atoms with van der Waals surface area (Å²) in [7, 11) is 1.94. The number of hydrogen-bond donors (Lipinski definition) is 2. The van der Waals surface area contributed by atoms with Crippen molar-refractivity contribution in [2.24, 2.45) is 0 Å². The van der Waals surface area contributed by atoms with Crippen LogP contribution < -0.4 is 5.32 Å². The summed E-state index contributed by atoms with van der Waals surface area (Å²) in [6.45, 7) is 3.79. The first-order valence-electron chi connectivity index (χ1n) is 5.05. The first-order valence-corrected chi connectivity index (χ1v) is 5.05. The SMILES string of the molecule is Cc1nnc(CN(C)[C@@H]2CNC[C@H]2O)o1. The fourth-order valence-corrected chi connectivity index (χ4v) is 1.83. The van der Waals surface area contributed by atoms with E-state index < -0.39 is 0 Å². The van der Waals surface area contributed by atoms with Crippen molar-refractivity contribution in [2.75, 3.05) is 20.1 Å². The Morgan fingerprint density at radius 3 is 2.87 bits per heavy atom. The maximum Gasteiger partial charge on any atom is 0.230 e. The van der Waals surface area contributed by atoms with Crippen molar-refractivity contribution in [3.8, 4) is 0 Å². The van der Waals surface area contributed by atoms with Crippen molar-refractivity contribution in [2.45, 2.75) is 25.6 Å². The Bertz CT molecular complexity index is 328. The number of aliphatic hydroxyl groups excluding tert-OH is 1.